The van der Waals surface area contributed by atoms with Crippen molar-refractivity contribution >= 4 is 44.0 Å². The molecule has 1 amide bonds. The van der Waals surface area contributed by atoms with Crippen LogP contribution in [0, 0.1) is 0 Å². The van der Waals surface area contributed by atoms with Gasteiger partial charge in [-0.3, -0.25) is 9.89 Å². The summed E-state index contributed by atoms with van der Waals surface area (Å²) in [5.74, 6) is -0.354. The molecule has 1 aromatic carbocycles. The molecule has 0 aliphatic carbocycles. The fraction of sp³-hybridized carbons (Fsp3) is 0. The lowest BCUT2D eigenvalue weighted by atomic mass is 10.2. The van der Waals surface area contributed by atoms with Crippen LogP contribution in [0.5, 0.6) is 0 Å². The van der Waals surface area contributed by atoms with E-state index in [9.17, 15) is 4.79 Å². The van der Waals surface area contributed by atoms with E-state index >= 15 is 0 Å². The van der Waals surface area contributed by atoms with Gasteiger partial charge in [0.15, 0.2) is 0 Å². The van der Waals surface area contributed by atoms with E-state index in [1.807, 2.05) is 24.3 Å². The molecule has 7 heteroatoms. The summed E-state index contributed by atoms with van der Waals surface area (Å²) >= 11 is 6.54. The zero-order valence-electron chi connectivity index (χ0n) is 9.02. The molecule has 1 aromatic heterocycles. The van der Waals surface area contributed by atoms with Gasteiger partial charge in [0.05, 0.1) is 16.9 Å². The van der Waals surface area contributed by atoms with Crippen molar-refractivity contribution in [3.63, 3.8) is 0 Å². The summed E-state index contributed by atoms with van der Waals surface area (Å²) in [6, 6.07) is 7.56. The molecule has 0 unspecified atom stereocenters. The highest BCUT2D eigenvalue weighted by Gasteiger charge is 2.10. The lowest BCUT2D eigenvalue weighted by molar-refractivity contribution is 0.0949. The van der Waals surface area contributed by atoms with E-state index in [0.29, 0.717) is 10.2 Å². The standard InChI is InChI=1S/C11H8Br2N4O/c12-8-3-1-7(2-4-8)5-14-17-11(18)10-9(13)6-15-16-10/h1-6H,(H,15,16)(H,17,18)/b14-5+. The predicted octanol–water partition coefficient (Wildman–Crippen LogP) is 2.70. The van der Waals surface area contributed by atoms with Gasteiger partial charge in [0.2, 0.25) is 0 Å². The Morgan fingerprint density at radius 2 is 2.06 bits per heavy atom. The summed E-state index contributed by atoms with van der Waals surface area (Å²) in [5.41, 5.74) is 3.63. The second kappa shape index (κ2) is 5.92. The number of benzene rings is 1. The van der Waals surface area contributed by atoms with Crippen LogP contribution in [-0.2, 0) is 0 Å². The van der Waals surface area contributed by atoms with Crippen LogP contribution < -0.4 is 5.43 Å². The molecule has 5 nitrogen and oxygen atoms in total. The van der Waals surface area contributed by atoms with E-state index in [0.717, 1.165) is 10.0 Å². The molecule has 0 spiro atoms. The average Bonchev–Trinajstić information content (AvgIpc) is 2.78. The molecule has 1 heterocycles. The third-order valence-corrected chi connectivity index (χ3v) is 3.20. The summed E-state index contributed by atoms with van der Waals surface area (Å²) in [5, 5.41) is 10.2. The maximum Gasteiger partial charge on any atom is 0.290 e. The number of aromatic nitrogens is 2. The first kappa shape index (κ1) is 13.0. The number of carbonyl (C=O) groups is 1. The average molecular weight is 372 g/mol. The molecular weight excluding hydrogens is 364 g/mol. The zero-order chi connectivity index (χ0) is 13.0. The molecule has 0 bridgehead atoms. The molecule has 92 valence electrons. The third kappa shape index (κ3) is 3.27. The van der Waals surface area contributed by atoms with Crippen LogP contribution in [0.3, 0.4) is 0 Å². The normalized spacial score (nSPS) is 10.8. The molecule has 0 aliphatic heterocycles. The van der Waals surface area contributed by atoms with Gasteiger partial charge in [-0.1, -0.05) is 28.1 Å². The van der Waals surface area contributed by atoms with Crippen molar-refractivity contribution < 1.29 is 4.79 Å². The van der Waals surface area contributed by atoms with Crippen LogP contribution in [0.15, 0.2) is 44.5 Å². The third-order valence-electron chi connectivity index (χ3n) is 2.07. The van der Waals surface area contributed by atoms with E-state index in [2.05, 4.69) is 52.6 Å². The van der Waals surface area contributed by atoms with Gasteiger partial charge in [0, 0.05) is 4.47 Å². The molecule has 2 N–H and O–H groups in total. The molecule has 2 rings (SSSR count). The number of halogens is 2. The number of carbonyl (C=O) groups excluding carboxylic acids is 1. The maximum absolute atomic E-state index is 11.6. The van der Waals surface area contributed by atoms with Crippen LogP contribution in [0.4, 0.5) is 0 Å². The van der Waals surface area contributed by atoms with Crippen LogP contribution in [0.2, 0.25) is 0 Å². The Morgan fingerprint density at radius 3 is 2.67 bits per heavy atom. The van der Waals surface area contributed by atoms with Crippen molar-refractivity contribution in [3.05, 3.63) is 50.7 Å². The predicted molar refractivity (Wildman–Crippen MR) is 75.5 cm³/mol. The molecule has 0 saturated heterocycles. The van der Waals surface area contributed by atoms with Crippen molar-refractivity contribution in [3.8, 4) is 0 Å². The quantitative estimate of drug-likeness (QED) is 0.643. The smallest absolute Gasteiger partial charge is 0.272 e. The molecule has 0 saturated carbocycles. The minimum absolute atomic E-state index is 0.336. The highest BCUT2D eigenvalue weighted by Crippen LogP contribution is 2.12. The first-order valence-corrected chi connectivity index (χ1v) is 6.53. The van der Waals surface area contributed by atoms with Crippen LogP contribution in [0.1, 0.15) is 16.1 Å². The Balaban J connectivity index is 1.98. The second-order valence-corrected chi connectivity index (χ2v) is 5.11. The first-order valence-electron chi connectivity index (χ1n) is 4.94. The molecule has 18 heavy (non-hydrogen) atoms. The van der Waals surface area contributed by atoms with Gasteiger partial charge in [-0.25, -0.2) is 5.43 Å². The topological polar surface area (TPSA) is 70.1 Å². The van der Waals surface area contributed by atoms with Crippen LogP contribution >= 0.6 is 31.9 Å². The number of aromatic amines is 1. The Bertz CT molecular complexity index is 577. The Kier molecular flexibility index (Phi) is 4.27. The Morgan fingerprint density at radius 1 is 1.33 bits per heavy atom. The minimum Gasteiger partial charge on any atom is -0.272 e. The van der Waals surface area contributed by atoms with Gasteiger partial charge in [0.1, 0.15) is 5.69 Å². The molecule has 2 aromatic rings. The van der Waals surface area contributed by atoms with E-state index in [1.54, 1.807) is 6.21 Å². The Labute approximate surface area is 120 Å². The SMILES string of the molecule is O=C(N/N=C/c1ccc(Br)cc1)c1[nH]ncc1Br. The monoisotopic (exact) mass is 370 g/mol. The number of nitrogens with zero attached hydrogens (tertiary/aromatic N) is 2. The molecule has 0 aliphatic rings. The van der Waals surface area contributed by atoms with Gasteiger partial charge >= 0.3 is 0 Å². The van der Waals surface area contributed by atoms with Crippen LogP contribution in [-0.4, -0.2) is 22.3 Å². The van der Waals surface area contributed by atoms with E-state index in [-0.39, 0.29) is 5.91 Å². The van der Waals surface area contributed by atoms with Gasteiger partial charge in [-0.2, -0.15) is 10.2 Å². The van der Waals surface area contributed by atoms with Gasteiger partial charge in [-0.05, 0) is 33.6 Å². The van der Waals surface area contributed by atoms with Crippen molar-refractivity contribution in [2.24, 2.45) is 5.10 Å². The highest BCUT2D eigenvalue weighted by atomic mass is 79.9. The number of nitrogens with one attached hydrogen (secondary N) is 2. The minimum atomic E-state index is -0.354. The fourth-order valence-corrected chi connectivity index (χ4v) is 1.84. The summed E-state index contributed by atoms with van der Waals surface area (Å²) in [4.78, 5) is 11.6. The number of hydrogen-bond acceptors (Lipinski definition) is 3. The van der Waals surface area contributed by atoms with Crippen LogP contribution in [0.25, 0.3) is 0 Å². The fourth-order valence-electron chi connectivity index (χ4n) is 1.20. The molecule has 0 fully saturated rings. The van der Waals surface area contributed by atoms with Crippen molar-refractivity contribution in [2.75, 3.05) is 0 Å². The molecule has 0 radical (unpaired) electrons. The van der Waals surface area contributed by atoms with Gasteiger partial charge in [-0.15, -0.1) is 0 Å². The second-order valence-electron chi connectivity index (χ2n) is 3.34. The van der Waals surface area contributed by atoms with E-state index in [4.69, 9.17) is 0 Å². The molecular formula is C11H8Br2N4O. The number of H-pyrrole nitrogens is 1. The zero-order valence-corrected chi connectivity index (χ0v) is 12.2. The lowest BCUT2D eigenvalue weighted by Crippen LogP contribution is -2.18. The number of rotatable bonds is 3. The van der Waals surface area contributed by atoms with E-state index in [1.165, 1.54) is 6.20 Å². The Hall–Kier alpha value is -1.47. The summed E-state index contributed by atoms with van der Waals surface area (Å²) < 4.78 is 1.59. The number of amides is 1. The number of hydrazone groups is 1. The lowest BCUT2D eigenvalue weighted by Gasteiger charge is -1.97. The summed E-state index contributed by atoms with van der Waals surface area (Å²) in [6.45, 7) is 0. The van der Waals surface area contributed by atoms with Gasteiger partial charge in [0.25, 0.3) is 5.91 Å². The van der Waals surface area contributed by atoms with Crippen molar-refractivity contribution in [1.29, 1.82) is 0 Å². The maximum atomic E-state index is 11.6. The largest absolute Gasteiger partial charge is 0.290 e. The van der Waals surface area contributed by atoms with Gasteiger partial charge < -0.3 is 0 Å². The number of hydrogen-bond donors (Lipinski definition) is 2. The van der Waals surface area contributed by atoms with Crippen molar-refractivity contribution in [1.82, 2.24) is 15.6 Å². The van der Waals surface area contributed by atoms with Crippen molar-refractivity contribution in [2.45, 2.75) is 0 Å². The van der Waals surface area contributed by atoms with E-state index < -0.39 is 0 Å². The molecule has 0 atom stereocenters. The summed E-state index contributed by atoms with van der Waals surface area (Å²) in [7, 11) is 0. The summed E-state index contributed by atoms with van der Waals surface area (Å²) in [6.07, 6.45) is 3.07. The highest BCUT2D eigenvalue weighted by molar-refractivity contribution is 9.10. The first-order chi connectivity index (χ1) is 8.66.